The molecular weight excluding hydrogens is 330 g/mol. The summed E-state index contributed by atoms with van der Waals surface area (Å²) in [5, 5.41) is 13.0. The van der Waals surface area contributed by atoms with Crippen LogP contribution in [0.15, 0.2) is 29.3 Å². The summed E-state index contributed by atoms with van der Waals surface area (Å²) in [7, 11) is 0. The Morgan fingerprint density at radius 2 is 2.04 bits per heavy atom. The SMILES string of the molecule is CCc1cccc(C)c1NC(=O)CCSc1nc(C)cc(C)c1C#N. The molecular formula is C20H23N3OS. The second kappa shape index (κ2) is 8.68. The molecule has 4 nitrogen and oxygen atoms in total. The van der Waals surface area contributed by atoms with Crippen LogP contribution in [0.3, 0.4) is 0 Å². The van der Waals surface area contributed by atoms with Crippen LogP contribution < -0.4 is 5.32 Å². The first-order valence-electron chi connectivity index (χ1n) is 8.35. The van der Waals surface area contributed by atoms with Crippen LogP contribution in [0.2, 0.25) is 0 Å². The number of aryl methyl sites for hydroxylation is 4. The Morgan fingerprint density at radius 1 is 1.28 bits per heavy atom. The Morgan fingerprint density at radius 3 is 2.72 bits per heavy atom. The van der Waals surface area contributed by atoms with Crippen LogP contribution in [-0.4, -0.2) is 16.6 Å². The maximum absolute atomic E-state index is 12.3. The Bertz CT molecular complexity index is 824. The summed E-state index contributed by atoms with van der Waals surface area (Å²) in [6, 6.07) is 10.2. The molecule has 0 saturated carbocycles. The highest BCUT2D eigenvalue weighted by Gasteiger charge is 2.12. The Kier molecular flexibility index (Phi) is 6.60. The van der Waals surface area contributed by atoms with Gasteiger partial charge in [-0.3, -0.25) is 4.79 Å². The molecule has 1 aromatic heterocycles. The van der Waals surface area contributed by atoms with E-state index in [2.05, 4.69) is 23.3 Å². The van der Waals surface area contributed by atoms with Crippen molar-refractivity contribution in [2.75, 3.05) is 11.1 Å². The van der Waals surface area contributed by atoms with E-state index in [1.165, 1.54) is 11.8 Å². The number of para-hydroxylation sites is 1. The van der Waals surface area contributed by atoms with Gasteiger partial charge in [0.05, 0.1) is 5.56 Å². The van der Waals surface area contributed by atoms with E-state index in [1.54, 1.807) is 0 Å². The van der Waals surface area contributed by atoms with Gasteiger partial charge in [0, 0.05) is 23.6 Å². The fraction of sp³-hybridized carbons (Fsp3) is 0.350. The zero-order chi connectivity index (χ0) is 18.4. The predicted molar refractivity (Wildman–Crippen MR) is 103 cm³/mol. The highest BCUT2D eigenvalue weighted by Crippen LogP contribution is 2.25. The molecule has 0 aliphatic carbocycles. The summed E-state index contributed by atoms with van der Waals surface area (Å²) in [4.78, 5) is 16.7. The molecule has 1 N–H and O–H groups in total. The quantitative estimate of drug-likeness (QED) is 0.773. The molecule has 130 valence electrons. The standard InChI is InChI=1S/C20H23N3OS/c1-5-16-8-6-7-13(2)19(16)23-18(24)9-10-25-20-17(12-21)14(3)11-15(4)22-20/h6-8,11H,5,9-10H2,1-4H3,(H,23,24). The third-order valence-electron chi connectivity index (χ3n) is 4.00. The maximum Gasteiger partial charge on any atom is 0.225 e. The minimum atomic E-state index is -0.0145. The number of carbonyl (C=O) groups is 1. The number of rotatable bonds is 6. The Labute approximate surface area is 153 Å². The van der Waals surface area contributed by atoms with Gasteiger partial charge in [-0.05, 0) is 49.9 Å². The molecule has 1 aromatic carbocycles. The van der Waals surface area contributed by atoms with Crippen LogP contribution in [0.1, 0.15) is 41.3 Å². The third-order valence-corrected chi connectivity index (χ3v) is 4.97. The average molecular weight is 353 g/mol. The summed E-state index contributed by atoms with van der Waals surface area (Å²) < 4.78 is 0. The van der Waals surface area contributed by atoms with Crippen molar-refractivity contribution in [2.45, 2.75) is 45.6 Å². The minimum Gasteiger partial charge on any atom is -0.326 e. The molecule has 25 heavy (non-hydrogen) atoms. The molecule has 0 atom stereocenters. The zero-order valence-electron chi connectivity index (χ0n) is 15.1. The normalized spacial score (nSPS) is 10.4. The Balaban J connectivity index is 2.00. The van der Waals surface area contributed by atoms with Crippen LogP contribution in [-0.2, 0) is 11.2 Å². The van der Waals surface area contributed by atoms with E-state index in [-0.39, 0.29) is 5.91 Å². The number of nitriles is 1. The van der Waals surface area contributed by atoms with Gasteiger partial charge < -0.3 is 5.32 Å². The highest BCUT2D eigenvalue weighted by molar-refractivity contribution is 7.99. The topological polar surface area (TPSA) is 65.8 Å². The predicted octanol–water partition coefficient (Wildman–Crippen LogP) is 4.56. The van der Waals surface area contributed by atoms with Crippen LogP contribution in [0, 0.1) is 32.1 Å². The molecule has 1 heterocycles. The van der Waals surface area contributed by atoms with Crippen molar-refractivity contribution in [3.05, 3.63) is 52.2 Å². The molecule has 2 aromatic rings. The summed E-state index contributed by atoms with van der Waals surface area (Å²) >= 11 is 1.46. The molecule has 0 fully saturated rings. The van der Waals surface area contributed by atoms with Crippen molar-refractivity contribution in [1.82, 2.24) is 4.98 Å². The number of nitrogens with zero attached hydrogens (tertiary/aromatic N) is 2. The van der Waals surface area contributed by atoms with Crippen molar-refractivity contribution < 1.29 is 4.79 Å². The smallest absolute Gasteiger partial charge is 0.225 e. The lowest BCUT2D eigenvalue weighted by Gasteiger charge is -2.13. The molecule has 0 saturated heterocycles. The number of pyridine rings is 1. The molecule has 0 aliphatic rings. The molecule has 1 amide bonds. The van der Waals surface area contributed by atoms with E-state index < -0.39 is 0 Å². The lowest BCUT2D eigenvalue weighted by Crippen LogP contribution is -2.14. The number of aromatic nitrogens is 1. The number of amides is 1. The fourth-order valence-electron chi connectivity index (χ4n) is 2.69. The number of hydrogen-bond donors (Lipinski definition) is 1. The number of benzene rings is 1. The summed E-state index contributed by atoms with van der Waals surface area (Å²) in [5.74, 6) is 0.573. The molecule has 0 spiro atoms. The lowest BCUT2D eigenvalue weighted by molar-refractivity contribution is -0.115. The van der Waals surface area contributed by atoms with Gasteiger partial charge in [-0.15, -0.1) is 11.8 Å². The Hall–Kier alpha value is -2.32. The summed E-state index contributed by atoms with van der Waals surface area (Å²) in [5.41, 5.74) is 5.54. The van der Waals surface area contributed by atoms with Crippen LogP contribution in [0.25, 0.3) is 0 Å². The van der Waals surface area contributed by atoms with Crippen molar-refractivity contribution in [2.24, 2.45) is 0 Å². The average Bonchev–Trinajstić information content (AvgIpc) is 2.56. The zero-order valence-corrected chi connectivity index (χ0v) is 16.0. The fourth-order valence-corrected chi connectivity index (χ4v) is 3.73. The summed E-state index contributed by atoms with van der Waals surface area (Å²) in [6.45, 7) is 7.90. The van der Waals surface area contributed by atoms with Gasteiger partial charge >= 0.3 is 0 Å². The van der Waals surface area contributed by atoms with Crippen molar-refractivity contribution in [3.8, 4) is 6.07 Å². The highest BCUT2D eigenvalue weighted by atomic mass is 32.2. The molecule has 0 unspecified atom stereocenters. The van der Waals surface area contributed by atoms with E-state index in [4.69, 9.17) is 0 Å². The number of nitrogens with one attached hydrogen (secondary N) is 1. The molecule has 0 aliphatic heterocycles. The van der Waals surface area contributed by atoms with E-state index in [1.807, 2.05) is 45.0 Å². The minimum absolute atomic E-state index is 0.0145. The van der Waals surface area contributed by atoms with E-state index in [0.717, 1.165) is 34.5 Å². The van der Waals surface area contributed by atoms with Gasteiger partial charge in [0.15, 0.2) is 0 Å². The van der Waals surface area contributed by atoms with Gasteiger partial charge in [0.1, 0.15) is 11.1 Å². The number of hydrogen-bond acceptors (Lipinski definition) is 4. The van der Waals surface area contributed by atoms with E-state index in [9.17, 15) is 10.1 Å². The molecule has 0 bridgehead atoms. The number of thioether (sulfide) groups is 1. The third kappa shape index (κ3) is 4.83. The van der Waals surface area contributed by atoms with Crippen LogP contribution in [0.4, 0.5) is 5.69 Å². The van der Waals surface area contributed by atoms with E-state index in [0.29, 0.717) is 22.8 Å². The van der Waals surface area contributed by atoms with Crippen molar-refractivity contribution in [1.29, 1.82) is 5.26 Å². The van der Waals surface area contributed by atoms with E-state index >= 15 is 0 Å². The van der Waals surface area contributed by atoms with Crippen LogP contribution in [0.5, 0.6) is 0 Å². The first-order chi connectivity index (χ1) is 12.0. The molecule has 5 heteroatoms. The second-order valence-corrected chi connectivity index (χ2v) is 7.07. The van der Waals surface area contributed by atoms with Gasteiger partial charge in [-0.1, -0.05) is 25.1 Å². The number of carbonyl (C=O) groups excluding carboxylic acids is 1. The first-order valence-corrected chi connectivity index (χ1v) is 9.34. The van der Waals surface area contributed by atoms with Gasteiger partial charge in [0.25, 0.3) is 0 Å². The lowest BCUT2D eigenvalue weighted by atomic mass is 10.1. The first kappa shape index (κ1) is 19.0. The maximum atomic E-state index is 12.3. The van der Waals surface area contributed by atoms with Crippen LogP contribution >= 0.6 is 11.8 Å². The van der Waals surface area contributed by atoms with Gasteiger partial charge in [-0.25, -0.2) is 4.98 Å². The van der Waals surface area contributed by atoms with Gasteiger partial charge in [-0.2, -0.15) is 5.26 Å². The van der Waals surface area contributed by atoms with Gasteiger partial charge in [0.2, 0.25) is 5.91 Å². The molecule has 0 radical (unpaired) electrons. The number of anilines is 1. The largest absolute Gasteiger partial charge is 0.326 e. The van der Waals surface area contributed by atoms with Crippen molar-refractivity contribution in [3.63, 3.8) is 0 Å². The molecule has 2 rings (SSSR count). The van der Waals surface area contributed by atoms with Crippen molar-refractivity contribution >= 4 is 23.4 Å². The summed E-state index contributed by atoms with van der Waals surface area (Å²) in [6.07, 6.45) is 1.26. The second-order valence-electron chi connectivity index (χ2n) is 5.98. The monoisotopic (exact) mass is 353 g/mol.